The minimum Gasteiger partial charge on any atom is -0.481 e. The third-order valence-corrected chi connectivity index (χ3v) is 4.87. The van der Waals surface area contributed by atoms with E-state index in [1.807, 2.05) is 0 Å². The molecule has 1 amide bonds. The first-order valence-electron chi connectivity index (χ1n) is 8.24. The van der Waals surface area contributed by atoms with Crippen LogP contribution in [0.2, 0.25) is 0 Å². The van der Waals surface area contributed by atoms with Crippen molar-refractivity contribution in [1.29, 1.82) is 0 Å². The number of carbonyl (C=O) groups excluding carboxylic acids is 1. The van der Waals surface area contributed by atoms with Crippen molar-refractivity contribution in [2.75, 3.05) is 26.2 Å². The molecule has 0 spiro atoms. The number of hydrogen-bond acceptors (Lipinski definition) is 5. The molecule has 1 unspecified atom stereocenters. The summed E-state index contributed by atoms with van der Waals surface area (Å²) in [6, 6.07) is 0. The second-order valence-corrected chi connectivity index (χ2v) is 7.67. The van der Waals surface area contributed by atoms with Crippen molar-refractivity contribution in [2.45, 2.75) is 57.7 Å². The molecular weight excluding hydrogens is 300 g/mol. The molecule has 0 aliphatic carbocycles. The topological polar surface area (TPSA) is 99.1 Å². The van der Waals surface area contributed by atoms with Gasteiger partial charge in [0.15, 0.2) is 0 Å². The van der Waals surface area contributed by atoms with Crippen LogP contribution >= 0.6 is 0 Å². The molecule has 0 aromatic carbocycles. The molecule has 0 bridgehead atoms. The predicted molar refractivity (Wildman–Crippen MR) is 84.2 cm³/mol. The predicted octanol–water partition coefficient (Wildman–Crippen LogP) is 1.20. The molecule has 23 heavy (non-hydrogen) atoms. The van der Waals surface area contributed by atoms with Gasteiger partial charge < -0.3 is 25.2 Å². The summed E-state index contributed by atoms with van der Waals surface area (Å²) in [5.41, 5.74) is -3.26. The second kappa shape index (κ2) is 6.28. The van der Waals surface area contributed by atoms with E-state index in [-0.39, 0.29) is 6.54 Å². The van der Waals surface area contributed by atoms with Crippen LogP contribution in [0.25, 0.3) is 0 Å². The highest BCUT2D eigenvalue weighted by molar-refractivity contribution is 5.78. The first-order valence-corrected chi connectivity index (χ1v) is 8.24. The summed E-state index contributed by atoms with van der Waals surface area (Å²) in [5, 5.41) is 24.1. The van der Waals surface area contributed by atoms with Gasteiger partial charge in [0.25, 0.3) is 0 Å². The summed E-state index contributed by atoms with van der Waals surface area (Å²) in [5.74, 6) is -1.03. The van der Waals surface area contributed by atoms with Crippen LogP contribution in [0.3, 0.4) is 0 Å². The molecule has 2 rings (SSSR count). The van der Waals surface area contributed by atoms with Crippen LogP contribution in [0.4, 0.5) is 4.79 Å². The number of nitrogens with one attached hydrogen (secondary N) is 1. The summed E-state index contributed by atoms with van der Waals surface area (Å²) >= 11 is 0. The standard InChI is InChI=1S/C16H28N2O5/c1-14(2,3)23-13(21)18-10-4-5-15(11-18,12(19)20)16(22)6-8-17-9-7-16/h17,22H,4-11H2,1-3H3,(H,19,20). The molecule has 0 aromatic heterocycles. The van der Waals surface area contributed by atoms with Gasteiger partial charge in [-0.15, -0.1) is 0 Å². The molecular formula is C16H28N2O5. The van der Waals surface area contributed by atoms with E-state index in [9.17, 15) is 19.8 Å². The maximum absolute atomic E-state index is 12.3. The molecule has 0 aromatic rings. The van der Waals surface area contributed by atoms with Gasteiger partial charge in [-0.3, -0.25) is 4.79 Å². The fourth-order valence-electron chi connectivity index (χ4n) is 3.61. The lowest BCUT2D eigenvalue weighted by Crippen LogP contribution is -2.64. The average molecular weight is 328 g/mol. The Hall–Kier alpha value is -1.34. The lowest BCUT2D eigenvalue weighted by Gasteiger charge is -2.50. The Bertz CT molecular complexity index is 468. The van der Waals surface area contributed by atoms with Crippen molar-refractivity contribution >= 4 is 12.1 Å². The molecule has 2 fully saturated rings. The zero-order valence-electron chi connectivity index (χ0n) is 14.2. The number of rotatable bonds is 2. The maximum atomic E-state index is 12.3. The van der Waals surface area contributed by atoms with Gasteiger partial charge in [0.05, 0.1) is 5.60 Å². The van der Waals surface area contributed by atoms with E-state index in [1.165, 1.54) is 4.90 Å². The number of aliphatic carboxylic acids is 1. The highest BCUT2D eigenvalue weighted by Crippen LogP contribution is 2.45. The van der Waals surface area contributed by atoms with E-state index < -0.39 is 28.7 Å². The van der Waals surface area contributed by atoms with Crippen LogP contribution in [0, 0.1) is 5.41 Å². The Morgan fingerprint density at radius 3 is 2.30 bits per heavy atom. The molecule has 1 atom stereocenters. The maximum Gasteiger partial charge on any atom is 0.410 e. The summed E-state index contributed by atoms with van der Waals surface area (Å²) in [6.07, 6.45) is 1.16. The van der Waals surface area contributed by atoms with Crippen LogP contribution in [0.1, 0.15) is 46.5 Å². The van der Waals surface area contributed by atoms with E-state index >= 15 is 0 Å². The summed E-state index contributed by atoms with van der Waals surface area (Å²) in [6.45, 7) is 6.95. The molecule has 2 heterocycles. The Kier molecular flexibility index (Phi) is 4.92. The van der Waals surface area contributed by atoms with Crippen LogP contribution < -0.4 is 5.32 Å². The fraction of sp³-hybridized carbons (Fsp3) is 0.875. The smallest absolute Gasteiger partial charge is 0.410 e. The number of likely N-dealkylation sites (tertiary alicyclic amines) is 1. The average Bonchev–Trinajstić information content (AvgIpc) is 2.46. The largest absolute Gasteiger partial charge is 0.481 e. The van der Waals surface area contributed by atoms with Gasteiger partial charge in [-0.05, 0) is 59.5 Å². The number of nitrogens with zero attached hydrogens (tertiary/aromatic N) is 1. The lowest BCUT2D eigenvalue weighted by molar-refractivity contribution is -0.182. The number of amides is 1. The SMILES string of the molecule is CC(C)(C)OC(=O)N1CCCC(C(=O)O)(C2(O)CCNCC2)C1. The fourth-order valence-corrected chi connectivity index (χ4v) is 3.61. The molecule has 2 aliphatic rings. The molecule has 7 nitrogen and oxygen atoms in total. The van der Waals surface area contributed by atoms with Crippen LogP contribution in [0.15, 0.2) is 0 Å². The summed E-state index contributed by atoms with van der Waals surface area (Å²) in [7, 11) is 0. The minimum absolute atomic E-state index is 0.00620. The Morgan fingerprint density at radius 2 is 1.78 bits per heavy atom. The van der Waals surface area contributed by atoms with Crippen molar-refractivity contribution in [3.63, 3.8) is 0 Å². The number of piperidine rings is 2. The molecule has 3 N–H and O–H groups in total. The minimum atomic E-state index is -1.33. The van der Waals surface area contributed by atoms with Gasteiger partial charge in [-0.2, -0.15) is 0 Å². The number of carboxylic acid groups (broad SMARTS) is 1. The van der Waals surface area contributed by atoms with Gasteiger partial charge in [-0.1, -0.05) is 0 Å². The van der Waals surface area contributed by atoms with E-state index in [1.54, 1.807) is 20.8 Å². The third-order valence-electron chi connectivity index (χ3n) is 4.87. The monoisotopic (exact) mass is 328 g/mol. The second-order valence-electron chi connectivity index (χ2n) is 7.67. The van der Waals surface area contributed by atoms with Gasteiger partial charge in [-0.25, -0.2) is 4.79 Å². The van der Waals surface area contributed by atoms with Crippen molar-refractivity contribution < 1.29 is 24.5 Å². The number of ether oxygens (including phenoxy) is 1. The molecule has 0 saturated carbocycles. The van der Waals surface area contributed by atoms with Crippen LogP contribution in [0.5, 0.6) is 0 Å². The summed E-state index contributed by atoms with van der Waals surface area (Å²) < 4.78 is 5.37. The molecule has 132 valence electrons. The molecule has 2 aliphatic heterocycles. The number of hydrogen-bond donors (Lipinski definition) is 3. The highest BCUT2D eigenvalue weighted by atomic mass is 16.6. The van der Waals surface area contributed by atoms with Gasteiger partial charge >= 0.3 is 12.1 Å². The molecule has 0 radical (unpaired) electrons. The number of aliphatic hydroxyl groups is 1. The number of carbonyl (C=O) groups is 2. The highest BCUT2D eigenvalue weighted by Gasteiger charge is 2.58. The van der Waals surface area contributed by atoms with Crippen LogP contribution in [-0.4, -0.2) is 64.6 Å². The van der Waals surface area contributed by atoms with Gasteiger partial charge in [0.1, 0.15) is 11.0 Å². The van der Waals surface area contributed by atoms with E-state index in [0.29, 0.717) is 45.3 Å². The van der Waals surface area contributed by atoms with Crippen molar-refractivity contribution in [3.8, 4) is 0 Å². The summed E-state index contributed by atoms with van der Waals surface area (Å²) in [4.78, 5) is 25.8. The zero-order chi connectivity index (χ0) is 17.3. The van der Waals surface area contributed by atoms with Crippen LogP contribution in [-0.2, 0) is 9.53 Å². The van der Waals surface area contributed by atoms with E-state index in [0.717, 1.165) is 0 Å². The Balaban J connectivity index is 2.23. The quantitative estimate of drug-likeness (QED) is 0.704. The van der Waals surface area contributed by atoms with Crippen molar-refractivity contribution in [3.05, 3.63) is 0 Å². The van der Waals surface area contributed by atoms with E-state index in [4.69, 9.17) is 4.74 Å². The van der Waals surface area contributed by atoms with Crippen molar-refractivity contribution in [2.24, 2.45) is 5.41 Å². The van der Waals surface area contributed by atoms with Gasteiger partial charge in [0, 0.05) is 13.1 Å². The zero-order valence-corrected chi connectivity index (χ0v) is 14.2. The van der Waals surface area contributed by atoms with Gasteiger partial charge in [0.2, 0.25) is 0 Å². The first-order chi connectivity index (χ1) is 10.6. The molecule has 7 heteroatoms. The first kappa shape index (κ1) is 18.0. The third kappa shape index (κ3) is 3.61. The Morgan fingerprint density at radius 1 is 1.17 bits per heavy atom. The number of carboxylic acids is 1. The normalized spacial score (nSPS) is 28.3. The lowest BCUT2D eigenvalue weighted by atomic mass is 9.63. The van der Waals surface area contributed by atoms with E-state index in [2.05, 4.69) is 5.32 Å². The van der Waals surface area contributed by atoms with Crippen molar-refractivity contribution in [1.82, 2.24) is 10.2 Å². The Labute approximate surface area is 137 Å². The molecule has 2 saturated heterocycles.